The van der Waals surface area contributed by atoms with E-state index in [0.717, 1.165) is 0 Å². The summed E-state index contributed by atoms with van der Waals surface area (Å²) < 4.78 is 22.4. The third-order valence-electron chi connectivity index (χ3n) is 3.13. The van der Waals surface area contributed by atoms with Crippen molar-refractivity contribution in [2.45, 2.75) is 63.7 Å². The van der Waals surface area contributed by atoms with E-state index in [-0.39, 0.29) is 13.2 Å². The summed E-state index contributed by atoms with van der Waals surface area (Å²) in [5.41, 5.74) is 0. The molecule has 0 aromatic carbocycles. The lowest BCUT2D eigenvalue weighted by Crippen LogP contribution is -2.56. The maximum absolute atomic E-state index is 9.98. The Labute approximate surface area is 107 Å². The van der Waals surface area contributed by atoms with E-state index in [9.17, 15) is 10.2 Å². The number of aliphatic hydroxyl groups excluding tert-OH is 2. The van der Waals surface area contributed by atoms with Crippen LogP contribution in [0.25, 0.3) is 0 Å². The molecule has 6 nitrogen and oxygen atoms in total. The molecule has 2 saturated heterocycles. The van der Waals surface area contributed by atoms with Gasteiger partial charge in [-0.15, -0.1) is 0 Å². The van der Waals surface area contributed by atoms with Gasteiger partial charge < -0.3 is 29.2 Å². The number of hydrogen-bond acceptors (Lipinski definition) is 6. The summed E-state index contributed by atoms with van der Waals surface area (Å²) in [5, 5.41) is 19.3. The van der Waals surface area contributed by atoms with Crippen LogP contribution in [0.2, 0.25) is 0 Å². The summed E-state index contributed by atoms with van der Waals surface area (Å²) in [4.78, 5) is 0. The number of rotatable bonds is 2. The fraction of sp³-hybridized carbons (Fsp3) is 1.00. The molecule has 106 valence electrons. The van der Waals surface area contributed by atoms with E-state index in [4.69, 9.17) is 18.9 Å². The zero-order valence-electron chi connectivity index (χ0n) is 11.3. The van der Waals surface area contributed by atoms with Crippen molar-refractivity contribution in [3.05, 3.63) is 0 Å². The van der Waals surface area contributed by atoms with Crippen LogP contribution in [-0.2, 0) is 18.9 Å². The first-order valence-electron chi connectivity index (χ1n) is 6.20. The van der Waals surface area contributed by atoms with Crippen LogP contribution < -0.4 is 0 Å². The SMILES string of the molecule is CC1(C)OC[C@H](O)[C@H]([C@@H]2OC(C)(C)O[C@H]2CO)O1. The van der Waals surface area contributed by atoms with Gasteiger partial charge in [-0.05, 0) is 27.7 Å². The van der Waals surface area contributed by atoms with E-state index in [1.54, 1.807) is 27.7 Å². The van der Waals surface area contributed by atoms with Gasteiger partial charge in [0.25, 0.3) is 0 Å². The molecular formula is C12H22O6. The maximum Gasteiger partial charge on any atom is 0.164 e. The minimum Gasteiger partial charge on any atom is -0.394 e. The van der Waals surface area contributed by atoms with Crippen molar-refractivity contribution >= 4 is 0 Å². The van der Waals surface area contributed by atoms with E-state index < -0.39 is 36.0 Å². The Morgan fingerprint density at radius 1 is 1.00 bits per heavy atom. The van der Waals surface area contributed by atoms with Gasteiger partial charge in [0.1, 0.15) is 24.4 Å². The Morgan fingerprint density at radius 2 is 1.61 bits per heavy atom. The highest BCUT2D eigenvalue weighted by Crippen LogP contribution is 2.35. The van der Waals surface area contributed by atoms with Crippen LogP contribution in [-0.4, -0.2) is 59.4 Å². The van der Waals surface area contributed by atoms with E-state index in [1.807, 2.05) is 0 Å². The molecule has 0 bridgehead atoms. The predicted octanol–water partition coefficient (Wildman–Crippen LogP) is 0.0112. The third-order valence-corrected chi connectivity index (χ3v) is 3.13. The van der Waals surface area contributed by atoms with E-state index in [0.29, 0.717) is 0 Å². The normalized spacial score (nSPS) is 43.0. The summed E-state index contributed by atoms with van der Waals surface area (Å²) in [6, 6.07) is 0. The highest BCUT2D eigenvalue weighted by Gasteiger charge is 2.50. The molecular weight excluding hydrogens is 240 g/mol. The second-order valence-electron chi connectivity index (χ2n) is 5.68. The van der Waals surface area contributed by atoms with Gasteiger partial charge in [-0.2, -0.15) is 0 Å². The van der Waals surface area contributed by atoms with Gasteiger partial charge in [0.05, 0.1) is 13.2 Å². The lowest BCUT2D eigenvalue weighted by Gasteiger charge is -2.41. The summed E-state index contributed by atoms with van der Waals surface area (Å²) in [6.45, 7) is 7.10. The van der Waals surface area contributed by atoms with Gasteiger partial charge in [0.15, 0.2) is 11.6 Å². The van der Waals surface area contributed by atoms with Crippen molar-refractivity contribution in [1.29, 1.82) is 0 Å². The second-order valence-corrected chi connectivity index (χ2v) is 5.68. The van der Waals surface area contributed by atoms with Crippen LogP contribution in [0.5, 0.6) is 0 Å². The summed E-state index contributed by atoms with van der Waals surface area (Å²) in [6.07, 6.45) is -2.39. The number of hydrogen-bond donors (Lipinski definition) is 2. The van der Waals surface area contributed by atoms with Crippen molar-refractivity contribution in [1.82, 2.24) is 0 Å². The Morgan fingerprint density at radius 3 is 2.22 bits per heavy atom. The molecule has 4 atom stereocenters. The topological polar surface area (TPSA) is 77.4 Å². The fourth-order valence-electron chi connectivity index (χ4n) is 2.39. The van der Waals surface area contributed by atoms with E-state index in [2.05, 4.69) is 0 Å². The summed E-state index contributed by atoms with van der Waals surface area (Å²) in [5.74, 6) is -1.57. The maximum atomic E-state index is 9.98. The van der Waals surface area contributed by atoms with Crippen LogP contribution in [0, 0.1) is 0 Å². The zero-order chi connectivity index (χ0) is 13.6. The molecule has 0 amide bonds. The first-order chi connectivity index (χ1) is 8.24. The molecule has 6 heteroatoms. The molecule has 0 aromatic heterocycles. The molecule has 0 aromatic rings. The molecule has 2 rings (SSSR count). The van der Waals surface area contributed by atoms with Crippen molar-refractivity contribution in [2.75, 3.05) is 13.2 Å². The van der Waals surface area contributed by atoms with Gasteiger partial charge in [-0.1, -0.05) is 0 Å². The van der Waals surface area contributed by atoms with Crippen LogP contribution in [0.3, 0.4) is 0 Å². The molecule has 2 fully saturated rings. The quantitative estimate of drug-likeness (QED) is 0.730. The minimum atomic E-state index is -0.797. The van der Waals surface area contributed by atoms with E-state index >= 15 is 0 Å². The predicted molar refractivity (Wildman–Crippen MR) is 61.8 cm³/mol. The van der Waals surface area contributed by atoms with Crippen LogP contribution in [0.15, 0.2) is 0 Å². The Bertz CT molecular complexity index is 301. The molecule has 0 radical (unpaired) electrons. The van der Waals surface area contributed by atoms with E-state index in [1.165, 1.54) is 0 Å². The molecule has 2 N–H and O–H groups in total. The monoisotopic (exact) mass is 262 g/mol. The molecule has 2 heterocycles. The lowest BCUT2D eigenvalue weighted by atomic mass is 10.0. The van der Waals surface area contributed by atoms with Gasteiger partial charge in [-0.25, -0.2) is 0 Å². The number of ether oxygens (including phenoxy) is 4. The standard InChI is InChI=1S/C12H22O6/c1-11(2)15-6-7(14)9(17-11)10-8(5-13)16-12(3,4)18-10/h7-10,13-14H,5-6H2,1-4H3/t7-,8-,9+,10+/m0/s1. The Kier molecular flexibility index (Phi) is 3.70. The van der Waals surface area contributed by atoms with Crippen LogP contribution in [0.4, 0.5) is 0 Å². The summed E-state index contributed by atoms with van der Waals surface area (Å²) >= 11 is 0. The largest absolute Gasteiger partial charge is 0.394 e. The molecule has 18 heavy (non-hydrogen) atoms. The molecule has 0 unspecified atom stereocenters. The highest BCUT2D eigenvalue weighted by molar-refractivity contribution is 4.92. The first-order valence-corrected chi connectivity index (χ1v) is 6.20. The Balaban J connectivity index is 2.13. The second kappa shape index (κ2) is 4.70. The smallest absolute Gasteiger partial charge is 0.164 e. The van der Waals surface area contributed by atoms with Crippen molar-refractivity contribution in [3.63, 3.8) is 0 Å². The average Bonchev–Trinajstić information content (AvgIpc) is 2.57. The van der Waals surface area contributed by atoms with Gasteiger partial charge in [-0.3, -0.25) is 0 Å². The van der Waals surface area contributed by atoms with Gasteiger partial charge in [0, 0.05) is 0 Å². The lowest BCUT2D eigenvalue weighted by molar-refractivity contribution is -0.322. The van der Waals surface area contributed by atoms with Crippen molar-refractivity contribution < 1.29 is 29.2 Å². The average molecular weight is 262 g/mol. The minimum absolute atomic E-state index is 0.177. The van der Waals surface area contributed by atoms with Gasteiger partial charge >= 0.3 is 0 Å². The molecule has 2 aliphatic rings. The zero-order valence-corrected chi connectivity index (χ0v) is 11.3. The van der Waals surface area contributed by atoms with Crippen LogP contribution >= 0.6 is 0 Å². The Hall–Kier alpha value is -0.240. The molecule has 0 spiro atoms. The van der Waals surface area contributed by atoms with Crippen LogP contribution in [0.1, 0.15) is 27.7 Å². The molecule has 0 saturated carbocycles. The first kappa shape index (κ1) is 14.2. The van der Waals surface area contributed by atoms with Gasteiger partial charge in [0.2, 0.25) is 0 Å². The third kappa shape index (κ3) is 2.84. The van der Waals surface area contributed by atoms with Crippen molar-refractivity contribution in [3.8, 4) is 0 Å². The molecule has 2 aliphatic heterocycles. The highest BCUT2D eigenvalue weighted by atomic mass is 16.8. The summed E-state index contributed by atoms with van der Waals surface area (Å²) in [7, 11) is 0. The van der Waals surface area contributed by atoms with Crippen molar-refractivity contribution in [2.24, 2.45) is 0 Å². The number of aliphatic hydroxyl groups is 2. The fourth-order valence-corrected chi connectivity index (χ4v) is 2.39. The molecule has 0 aliphatic carbocycles.